The number of carbonyl (C=O) groups is 1. The maximum absolute atomic E-state index is 12.1. The van der Waals surface area contributed by atoms with E-state index >= 15 is 0 Å². The van der Waals surface area contributed by atoms with E-state index in [2.05, 4.69) is 15.3 Å². The Morgan fingerprint density at radius 3 is 2.83 bits per heavy atom. The lowest BCUT2D eigenvalue weighted by Crippen LogP contribution is -2.40. The molecule has 0 atom stereocenters. The summed E-state index contributed by atoms with van der Waals surface area (Å²) in [5.74, 6) is 0.653. The molecule has 6 heteroatoms. The number of halogens is 1. The minimum atomic E-state index is 0.0118. The van der Waals surface area contributed by atoms with Crippen molar-refractivity contribution in [3.8, 4) is 0 Å². The van der Waals surface area contributed by atoms with Gasteiger partial charge in [0.25, 0.3) is 0 Å². The molecule has 1 aromatic heterocycles. The molecule has 5 nitrogen and oxygen atoms in total. The van der Waals surface area contributed by atoms with E-state index in [-0.39, 0.29) is 5.91 Å². The number of anilines is 1. The summed E-state index contributed by atoms with van der Waals surface area (Å²) in [7, 11) is 0. The van der Waals surface area contributed by atoms with Gasteiger partial charge in [-0.05, 0) is 56.1 Å². The maximum Gasteiger partial charge on any atom is 0.238 e. The summed E-state index contributed by atoms with van der Waals surface area (Å²) < 4.78 is 1.99. The molecule has 23 heavy (non-hydrogen) atoms. The zero-order valence-corrected chi connectivity index (χ0v) is 13.7. The van der Waals surface area contributed by atoms with Crippen molar-refractivity contribution in [3.63, 3.8) is 0 Å². The van der Waals surface area contributed by atoms with Crippen LogP contribution in [0, 0.1) is 5.92 Å². The van der Waals surface area contributed by atoms with Gasteiger partial charge in [0.05, 0.1) is 6.54 Å². The zero-order valence-electron chi connectivity index (χ0n) is 13.0. The van der Waals surface area contributed by atoms with E-state index in [4.69, 9.17) is 11.6 Å². The Morgan fingerprint density at radius 2 is 2.13 bits per heavy atom. The van der Waals surface area contributed by atoms with Gasteiger partial charge in [0.2, 0.25) is 5.91 Å². The highest BCUT2D eigenvalue weighted by Crippen LogP contribution is 2.19. The molecule has 3 rings (SSSR count). The van der Waals surface area contributed by atoms with Gasteiger partial charge in [-0.25, -0.2) is 0 Å². The molecule has 0 bridgehead atoms. The Kier molecular flexibility index (Phi) is 5.31. The third-order valence-electron chi connectivity index (χ3n) is 4.19. The molecule has 122 valence electrons. The normalized spacial score (nSPS) is 16.4. The van der Waals surface area contributed by atoms with Gasteiger partial charge >= 0.3 is 0 Å². The number of nitrogens with zero attached hydrogens (tertiary/aromatic N) is 3. The highest BCUT2D eigenvalue weighted by molar-refractivity contribution is 6.30. The first-order valence-corrected chi connectivity index (χ1v) is 8.32. The van der Waals surface area contributed by atoms with Gasteiger partial charge in [-0.1, -0.05) is 17.7 Å². The monoisotopic (exact) mass is 332 g/mol. The van der Waals surface area contributed by atoms with Crippen LogP contribution in [0.4, 0.5) is 5.69 Å². The lowest BCUT2D eigenvalue weighted by atomic mass is 9.97. The number of piperidine rings is 1. The topological polar surface area (TPSA) is 50.2 Å². The van der Waals surface area contributed by atoms with Crippen LogP contribution in [0.1, 0.15) is 12.8 Å². The second kappa shape index (κ2) is 7.62. The molecule has 0 saturated carbocycles. The quantitative estimate of drug-likeness (QED) is 0.916. The minimum absolute atomic E-state index is 0.0118. The van der Waals surface area contributed by atoms with Gasteiger partial charge in [0, 0.05) is 29.6 Å². The molecular formula is C17H21ClN4O. The average molecular weight is 333 g/mol. The van der Waals surface area contributed by atoms with E-state index < -0.39 is 0 Å². The van der Waals surface area contributed by atoms with E-state index in [0.29, 0.717) is 17.5 Å². The summed E-state index contributed by atoms with van der Waals surface area (Å²) in [6.45, 7) is 3.31. The summed E-state index contributed by atoms with van der Waals surface area (Å²) in [6, 6.07) is 9.19. The Labute approximate surface area is 141 Å². The van der Waals surface area contributed by atoms with E-state index in [1.54, 1.807) is 12.1 Å². The number of amides is 1. The molecule has 1 aliphatic rings. The first kappa shape index (κ1) is 16.0. The first-order chi connectivity index (χ1) is 11.2. The fourth-order valence-corrected chi connectivity index (χ4v) is 3.16. The van der Waals surface area contributed by atoms with Gasteiger partial charge in [-0.3, -0.25) is 14.4 Å². The van der Waals surface area contributed by atoms with Gasteiger partial charge in [0.15, 0.2) is 0 Å². The third kappa shape index (κ3) is 4.81. The highest BCUT2D eigenvalue weighted by atomic mass is 35.5. The largest absolute Gasteiger partial charge is 0.325 e. The fourth-order valence-electron chi connectivity index (χ4n) is 2.97. The van der Waals surface area contributed by atoms with Crippen LogP contribution in [-0.4, -0.2) is 40.2 Å². The van der Waals surface area contributed by atoms with Crippen molar-refractivity contribution in [2.45, 2.75) is 19.4 Å². The fraction of sp³-hybridized carbons (Fsp3) is 0.412. The van der Waals surface area contributed by atoms with Gasteiger partial charge in [-0.2, -0.15) is 5.10 Å². The Hall–Kier alpha value is -1.85. The maximum atomic E-state index is 12.1. The van der Waals surface area contributed by atoms with Crippen LogP contribution in [0.25, 0.3) is 0 Å². The van der Waals surface area contributed by atoms with E-state index in [0.717, 1.165) is 38.2 Å². The van der Waals surface area contributed by atoms with E-state index in [1.807, 2.05) is 35.3 Å². The second-order valence-electron chi connectivity index (χ2n) is 6.01. The molecule has 1 fully saturated rings. The number of rotatable bonds is 5. The summed E-state index contributed by atoms with van der Waals surface area (Å²) >= 11 is 5.93. The molecule has 1 saturated heterocycles. The van der Waals surface area contributed by atoms with Gasteiger partial charge < -0.3 is 5.32 Å². The number of aromatic nitrogens is 2. The second-order valence-corrected chi connectivity index (χ2v) is 6.44. The minimum Gasteiger partial charge on any atom is -0.325 e. The number of benzene rings is 1. The molecule has 0 spiro atoms. The number of hydrogen-bond acceptors (Lipinski definition) is 3. The summed E-state index contributed by atoms with van der Waals surface area (Å²) in [5.41, 5.74) is 0.746. The van der Waals surface area contributed by atoms with Crippen LogP contribution in [0.5, 0.6) is 0 Å². The SMILES string of the molecule is O=C(CN1CCC(Cn2cccn2)CC1)Nc1cccc(Cl)c1. The van der Waals surface area contributed by atoms with Crippen molar-refractivity contribution >= 4 is 23.2 Å². The molecular weight excluding hydrogens is 312 g/mol. The van der Waals surface area contributed by atoms with Crippen LogP contribution in [0.2, 0.25) is 5.02 Å². The number of carbonyl (C=O) groups excluding carboxylic acids is 1. The van der Waals surface area contributed by atoms with Crippen molar-refractivity contribution in [2.24, 2.45) is 5.92 Å². The lowest BCUT2D eigenvalue weighted by Gasteiger charge is -2.31. The molecule has 1 N–H and O–H groups in total. The van der Waals surface area contributed by atoms with Gasteiger partial charge in [0.1, 0.15) is 0 Å². The molecule has 1 aliphatic heterocycles. The molecule has 1 aromatic carbocycles. The standard InChI is InChI=1S/C17H21ClN4O/c18-15-3-1-4-16(11-15)20-17(23)13-21-9-5-14(6-10-21)12-22-8-2-7-19-22/h1-4,7-8,11,14H,5-6,9-10,12-13H2,(H,20,23). The molecule has 1 amide bonds. The number of nitrogens with one attached hydrogen (secondary N) is 1. The van der Waals surface area contributed by atoms with Crippen LogP contribution in [0.3, 0.4) is 0 Å². The van der Waals surface area contributed by atoms with Crippen LogP contribution < -0.4 is 5.32 Å². The van der Waals surface area contributed by atoms with Crippen molar-refractivity contribution < 1.29 is 4.79 Å². The Morgan fingerprint density at radius 1 is 1.30 bits per heavy atom. The molecule has 0 radical (unpaired) electrons. The van der Waals surface area contributed by atoms with Crippen molar-refractivity contribution in [2.75, 3.05) is 25.0 Å². The number of likely N-dealkylation sites (tertiary alicyclic amines) is 1. The molecule has 0 aliphatic carbocycles. The summed E-state index contributed by atoms with van der Waals surface area (Å²) in [4.78, 5) is 14.3. The predicted octanol–water partition coefficient (Wildman–Crippen LogP) is 2.89. The van der Waals surface area contributed by atoms with Crippen LogP contribution in [0.15, 0.2) is 42.7 Å². The highest BCUT2D eigenvalue weighted by Gasteiger charge is 2.21. The Bertz CT molecular complexity index is 636. The Balaban J connectivity index is 1.42. The van der Waals surface area contributed by atoms with Gasteiger partial charge in [-0.15, -0.1) is 0 Å². The first-order valence-electron chi connectivity index (χ1n) is 7.94. The van der Waals surface area contributed by atoms with Crippen molar-refractivity contribution in [1.29, 1.82) is 0 Å². The lowest BCUT2D eigenvalue weighted by molar-refractivity contribution is -0.117. The third-order valence-corrected chi connectivity index (χ3v) is 4.42. The van der Waals surface area contributed by atoms with Crippen molar-refractivity contribution in [1.82, 2.24) is 14.7 Å². The number of hydrogen-bond donors (Lipinski definition) is 1. The van der Waals surface area contributed by atoms with Crippen LogP contribution in [-0.2, 0) is 11.3 Å². The van der Waals surface area contributed by atoms with Crippen LogP contribution >= 0.6 is 11.6 Å². The zero-order chi connectivity index (χ0) is 16.1. The average Bonchev–Trinajstić information content (AvgIpc) is 3.02. The summed E-state index contributed by atoms with van der Waals surface area (Å²) in [6.07, 6.45) is 6.02. The van der Waals surface area contributed by atoms with E-state index in [9.17, 15) is 4.79 Å². The predicted molar refractivity (Wildman–Crippen MR) is 91.5 cm³/mol. The molecule has 0 unspecified atom stereocenters. The van der Waals surface area contributed by atoms with Crippen molar-refractivity contribution in [3.05, 3.63) is 47.7 Å². The molecule has 2 aromatic rings. The summed E-state index contributed by atoms with van der Waals surface area (Å²) in [5, 5.41) is 7.79. The smallest absolute Gasteiger partial charge is 0.238 e. The van der Waals surface area contributed by atoms with E-state index in [1.165, 1.54) is 0 Å². The molecule has 2 heterocycles.